The second kappa shape index (κ2) is 7.84. The van der Waals surface area contributed by atoms with Crippen molar-refractivity contribution in [1.82, 2.24) is 10.2 Å². The lowest BCUT2D eigenvalue weighted by atomic mass is 10.0. The second-order valence-electron chi connectivity index (χ2n) is 6.24. The Bertz CT molecular complexity index is 1090. The molecule has 1 aromatic heterocycles. The summed E-state index contributed by atoms with van der Waals surface area (Å²) in [6, 6.07) is 23.2. The van der Waals surface area contributed by atoms with Gasteiger partial charge in [-0.15, -0.1) is 5.10 Å². The van der Waals surface area contributed by atoms with Gasteiger partial charge in [-0.05, 0) is 47.9 Å². The molecule has 0 aliphatic rings. The average Bonchev–Trinajstić information content (AvgIpc) is 3.18. The van der Waals surface area contributed by atoms with Crippen LogP contribution < -0.4 is 5.32 Å². The SMILES string of the molecule is O=C(Nc1nnc(-c2cccc(F)c2)o1)c1ccc(Cc2ccccc2)cc1. The number of nitrogens with zero attached hydrogens (tertiary/aromatic N) is 2. The third kappa shape index (κ3) is 4.12. The topological polar surface area (TPSA) is 68.0 Å². The first-order valence-electron chi connectivity index (χ1n) is 8.71. The Morgan fingerprint density at radius 2 is 1.64 bits per heavy atom. The lowest BCUT2D eigenvalue weighted by Crippen LogP contribution is -2.12. The van der Waals surface area contributed by atoms with Crippen molar-refractivity contribution >= 4 is 11.9 Å². The standard InChI is InChI=1S/C22H16FN3O2/c23-19-8-4-7-18(14-19)21-25-26-22(28-21)24-20(27)17-11-9-16(10-12-17)13-15-5-2-1-3-6-15/h1-12,14H,13H2,(H,24,26,27). The molecule has 0 atom stereocenters. The van der Waals surface area contributed by atoms with E-state index in [1.54, 1.807) is 24.3 Å². The quantitative estimate of drug-likeness (QED) is 0.550. The van der Waals surface area contributed by atoms with Crippen LogP contribution in [0.15, 0.2) is 83.3 Å². The van der Waals surface area contributed by atoms with Gasteiger partial charge in [-0.1, -0.05) is 53.6 Å². The molecule has 28 heavy (non-hydrogen) atoms. The van der Waals surface area contributed by atoms with Crippen LogP contribution in [0.4, 0.5) is 10.4 Å². The predicted molar refractivity (Wildman–Crippen MR) is 103 cm³/mol. The molecule has 0 radical (unpaired) electrons. The van der Waals surface area contributed by atoms with E-state index in [0.29, 0.717) is 11.1 Å². The summed E-state index contributed by atoms with van der Waals surface area (Å²) in [6.45, 7) is 0. The molecule has 6 heteroatoms. The van der Waals surface area contributed by atoms with Crippen LogP contribution in [-0.2, 0) is 6.42 Å². The summed E-state index contributed by atoms with van der Waals surface area (Å²) < 4.78 is 18.7. The van der Waals surface area contributed by atoms with Crippen molar-refractivity contribution in [1.29, 1.82) is 0 Å². The lowest BCUT2D eigenvalue weighted by Gasteiger charge is -2.04. The van der Waals surface area contributed by atoms with Crippen molar-refractivity contribution in [3.8, 4) is 11.5 Å². The normalized spacial score (nSPS) is 10.6. The molecule has 4 rings (SSSR count). The van der Waals surface area contributed by atoms with Gasteiger partial charge in [-0.25, -0.2) is 4.39 Å². The zero-order valence-corrected chi connectivity index (χ0v) is 14.8. The van der Waals surface area contributed by atoms with Gasteiger partial charge in [0.1, 0.15) is 5.82 Å². The number of carbonyl (C=O) groups is 1. The zero-order chi connectivity index (χ0) is 19.3. The molecular formula is C22H16FN3O2. The molecule has 0 saturated carbocycles. The van der Waals surface area contributed by atoms with Gasteiger partial charge in [0.2, 0.25) is 5.89 Å². The molecule has 0 aliphatic carbocycles. The molecule has 0 fully saturated rings. The van der Waals surface area contributed by atoms with Crippen LogP contribution in [0.5, 0.6) is 0 Å². The fraction of sp³-hybridized carbons (Fsp3) is 0.0455. The highest BCUT2D eigenvalue weighted by Gasteiger charge is 2.13. The van der Waals surface area contributed by atoms with E-state index in [-0.39, 0.29) is 17.8 Å². The predicted octanol–water partition coefficient (Wildman–Crippen LogP) is 4.72. The zero-order valence-electron chi connectivity index (χ0n) is 14.8. The Balaban J connectivity index is 1.42. The summed E-state index contributed by atoms with van der Waals surface area (Å²) in [7, 11) is 0. The number of anilines is 1. The molecule has 0 spiro atoms. The summed E-state index contributed by atoms with van der Waals surface area (Å²) in [4.78, 5) is 12.4. The monoisotopic (exact) mass is 373 g/mol. The molecule has 1 amide bonds. The first kappa shape index (κ1) is 17.6. The van der Waals surface area contributed by atoms with E-state index in [9.17, 15) is 9.18 Å². The smallest absolute Gasteiger partial charge is 0.322 e. The highest BCUT2D eigenvalue weighted by molar-refractivity contribution is 6.03. The van der Waals surface area contributed by atoms with Gasteiger partial charge in [-0.3, -0.25) is 10.1 Å². The molecule has 5 nitrogen and oxygen atoms in total. The summed E-state index contributed by atoms with van der Waals surface area (Å²) in [5, 5.41) is 10.2. The van der Waals surface area contributed by atoms with E-state index in [1.807, 2.05) is 30.3 Å². The molecule has 3 aromatic carbocycles. The average molecular weight is 373 g/mol. The van der Waals surface area contributed by atoms with Gasteiger partial charge < -0.3 is 4.42 Å². The van der Waals surface area contributed by atoms with Crippen molar-refractivity contribution in [2.45, 2.75) is 6.42 Å². The molecule has 0 saturated heterocycles. The first-order valence-corrected chi connectivity index (χ1v) is 8.71. The van der Waals surface area contributed by atoms with Gasteiger partial charge in [0.15, 0.2) is 0 Å². The highest BCUT2D eigenvalue weighted by Crippen LogP contribution is 2.21. The fourth-order valence-corrected chi connectivity index (χ4v) is 2.79. The number of carbonyl (C=O) groups excluding carboxylic acids is 1. The molecule has 0 aliphatic heterocycles. The number of halogens is 1. The lowest BCUT2D eigenvalue weighted by molar-refractivity contribution is 0.102. The largest absolute Gasteiger partial charge is 0.403 e. The van der Waals surface area contributed by atoms with E-state index in [0.717, 1.165) is 12.0 Å². The Morgan fingerprint density at radius 1 is 0.893 bits per heavy atom. The third-order valence-electron chi connectivity index (χ3n) is 4.18. The molecule has 1 heterocycles. The number of nitrogens with one attached hydrogen (secondary N) is 1. The molecule has 1 N–H and O–H groups in total. The Kier molecular flexibility index (Phi) is 4.93. The van der Waals surface area contributed by atoms with Crippen LogP contribution in [0.3, 0.4) is 0 Å². The summed E-state index contributed by atoms with van der Waals surface area (Å²) in [6.07, 6.45) is 0.795. The molecule has 0 unspecified atom stereocenters. The molecule has 4 aromatic rings. The van der Waals surface area contributed by atoms with Gasteiger partial charge in [-0.2, -0.15) is 0 Å². The summed E-state index contributed by atoms with van der Waals surface area (Å²) >= 11 is 0. The van der Waals surface area contributed by atoms with Crippen LogP contribution in [0.2, 0.25) is 0 Å². The van der Waals surface area contributed by atoms with Gasteiger partial charge in [0.25, 0.3) is 5.91 Å². The van der Waals surface area contributed by atoms with Crippen LogP contribution in [0.25, 0.3) is 11.5 Å². The maximum Gasteiger partial charge on any atom is 0.322 e. The Morgan fingerprint density at radius 3 is 2.39 bits per heavy atom. The summed E-state index contributed by atoms with van der Waals surface area (Å²) in [5.41, 5.74) is 3.23. The maximum atomic E-state index is 13.3. The third-order valence-corrected chi connectivity index (χ3v) is 4.18. The molecule has 138 valence electrons. The van der Waals surface area contributed by atoms with Crippen molar-refractivity contribution < 1.29 is 13.6 Å². The molecule has 0 bridgehead atoms. The minimum atomic E-state index is -0.406. The first-order chi connectivity index (χ1) is 13.7. The van der Waals surface area contributed by atoms with Crippen molar-refractivity contribution in [3.63, 3.8) is 0 Å². The Labute approximate surface area is 160 Å². The van der Waals surface area contributed by atoms with Crippen LogP contribution in [-0.4, -0.2) is 16.1 Å². The van der Waals surface area contributed by atoms with E-state index in [2.05, 4.69) is 27.6 Å². The van der Waals surface area contributed by atoms with E-state index in [1.165, 1.54) is 17.7 Å². The van der Waals surface area contributed by atoms with Crippen LogP contribution in [0, 0.1) is 5.82 Å². The van der Waals surface area contributed by atoms with Crippen molar-refractivity contribution in [2.24, 2.45) is 0 Å². The van der Waals surface area contributed by atoms with Gasteiger partial charge >= 0.3 is 6.01 Å². The number of aromatic nitrogens is 2. The summed E-state index contributed by atoms with van der Waals surface area (Å²) in [5.74, 6) is -0.634. The van der Waals surface area contributed by atoms with E-state index < -0.39 is 5.82 Å². The van der Waals surface area contributed by atoms with Crippen LogP contribution in [0.1, 0.15) is 21.5 Å². The van der Waals surface area contributed by atoms with Crippen LogP contribution >= 0.6 is 0 Å². The van der Waals surface area contributed by atoms with Gasteiger partial charge in [0, 0.05) is 11.1 Å². The van der Waals surface area contributed by atoms with Gasteiger partial charge in [0.05, 0.1) is 0 Å². The minimum Gasteiger partial charge on any atom is -0.403 e. The number of benzene rings is 3. The number of amides is 1. The van der Waals surface area contributed by atoms with Crippen molar-refractivity contribution in [2.75, 3.05) is 5.32 Å². The van der Waals surface area contributed by atoms with E-state index in [4.69, 9.17) is 4.42 Å². The Hall–Kier alpha value is -3.80. The number of hydrogen-bond donors (Lipinski definition) is 1. The molecular weight excluding hydrogens is 357 g/mol. The van der Waals surface area contributed by atoms with Crippen molar-refractivity contribution in [3.05, 3.63) is 101 Å². The van der Waals surface area contributed by atoms with E-state index >= 15 is 0 Å². The fourth-order valence-electron chi connectivity index (χ4n) is 2.79. The number of rotatable bonds is 5. The highest BCUT2D eigenvalue weighted by atomic mass is 19.1. The maximum absolute atomic E-state index is 13.3. The number of hydrogen-bond acceptors (Lipinski definition) is 4. The minimum absolute atomic E-state index is 0.0439. The second-order valence-corrected chi connectivity index (χ2v) is 6.24.